The topological polar surface area (TPSA) is 111 Å². The molecule has 0 atom stereocenters. The molecule has 0 saturated carbocycles. The summed E-state index contributed by atoms with van der Waals surface area (Å²) in [6, 6.07) is 11.3. The molecule has 0 aliphatic heterocycles. The molecule has 2 aromatic rings. The summed E-state index contributed by atoms with van der Waals surface area (Å²) in [4.78, 5) is 47.6. The first-order valence-electron chi connectivity index (χ1n) is 9.96. The first kappa shape index (κ1) is 24.9. The quantitative estimate of drug-likeness (QED) is 0.545. The molecule has 170 valence electrons. The fourth-order valence-electron chi connectivity index (χ4n) is 2.54. The van der Waals surface area contributed by atoms with Crippen molar-refractivity contribution in [2.75, 3.05) is 17.2 Å². The van der Waals surface area contributed by atoms with E-state index >= 15 is 0 Å². The van der Waals surface area contributed by atoms with Crippen molar-refractivity contribution in [2.24, 2.45) is 0 Å². The van der Waals surface area contributed by atoms with Gasteiger partial charge in [-0.15, -0.1) is 0 Å². The summed E-state index contributed by atoms with van der Waals surface area (Å²) in [5.41, 5.74) is 2.18. The molecule has 0 radical (unpaired) electrons. The first-order valence-corrected chi connectivity index (χ1v) is 10.3. The Hall–Kier alpha value is -3.39. The number of hydrogen-bond donors (Lipinski definition) is 2. The predicted octanol–water partition coefficient (Wildman–Crippen LogP) is 4.11. The first-order chi connectivity index (χ1) is 15.1. The number of halogens is 1. The number of aryl methyl sites for hydroxylation is 1. The summed E-state index contributed by atoms with van der Waals surface area (Å²) in [5, 5.41) is 5.71. The van der Waals surface area contributed by atoms with Crippen LogP contribution in [-0.4, -0.2) is 36.5 Å². The Morgan fingerprint density at radius 2 is 1.62 bits per heavy atom. The number of rotatable bonds is 9. The maximum absolute atomic E-state index is 12.0. The van der Waals surface area contributed by atoms with Crippen LogP contribution in [0, 0.1) is 6.92 Å². The lowest BCUT2D eigenvalue weighted by molar-refractivity contribution is -0.147. The van der Waals surface area contributed by atoms with Crippen molar-refractivity contribution in [2.45, 2.75) is 39.7 Å². The van der Waals surface area contributed by atoms with Crippen LogP contribution in [0.25, 0.3) is 0 Å². The Labute approximate surface area is 191 Å². The van der Waals surface area contributed by atoms with Crippen LogP contribution in [0.5, 0.6) is 0 Å². The van der Waals surface area contributed by atoms with Gasteiger partial charge >= 0.3 is 11.9 Å². The second-order valence-corrected chi connectivity index (χ2v) is 7.68. The van der Waals surface area contributed by atoms with Crippen molar-refractivity contribution in [3.8, 4) is 0 Å². The van der Waals surface area contributed by atoms with Crippen molar-refractivity contribution in [3.05, 3.63) is 58.6 Å². The van der Waals surface area contributed by atoms with E-state index in [9.17, 15) is 19.2 Å². The van der Waals surface area contributed by atoms with E-state index in [2.05, 4.69) is 10.6 Å². The lowest BCUT2D eigenvalue weighted by atomic mass is 10.2. The van der Waals surface area contributed by atoms with Gasteiger partial charge in [-0.3, -0.25) is 14.4 Å². The molecule has 32 heavy (non-hydrogen) atoms. The second kappa shape index (κ2) is 11.9. The molecular formula is C23H25ClN2O6. The maximum atomic E-state index is 12.0. The van der Waals surface area contributed by atoms with Gasteiger partial charge in [0.25, 0.3) is 5.91 Å². The van der Waals surface area contributed by atoms with Crippen molar-refractivity contribution in [1.29, 1.82) is 0 Å². The third-order valence-electron chi connectivity index (χ3n) is 4.14. The number of nitrogens with one attached hydrogen (secondary N) is 2. The normalized spacial score (nSPS) is 10.4. The van der Waals surface area contributed by atoms with Crippen LogP contribution >= 0.6 is 11.6 Å². The molecule has 2 amide bonds. The number of carbonyl (C=O) groups is 4. The molecule has 0 saturated heterocycles. The molecule has 2 rings (SSSR count). The minimum absolute atomic E-state index is 0.120. The number of carbonyl (C=O) groups excluding carboxylic acids is 4. The summed E-state index contributed by atoms with van der Waals surface area (Å²) < 4.78 is 10.00. The van der Waals surface area contributed by atoms with Gasteiger partial charge in [0.2, 0.25) is 5.91 Å². The molecular weight excluding hydrogens is 436 g/mol. The molecule has 8 nitrogen and oxygen atoms in total. The smallest absolute Gasteiger partial charge is 0.338 e. The van der Waals surface area contributed by atoms with Gasteiger partial charge in [0.05, 0.1) is 18.1 Å². The molecule has 0 aromatic heterocycles. The fourth-order valence-corrected chi connectivity index (χ4v) is 2.72. The molecule has 0 fully saturated rings. The van der Waals surface area contributed by atoms with E-state index in [0.717, 1.165) is 5.56 Å². The Bertz CT molecular complexity index is 988. The van der Waals surface area contributed by atoms with Gasteiger partial charge in [-0.25, -0.2) is 4.79 Å². The lowest BCUT2D eigenvalue weighted by Crippen LogP contribution is -2.22. The average molecular weight is 461 g/mol. The minimum Gasteiger partial charge on any atom is -0.459 e. The summed E-state index contributed by atoms with van der Waals surface area (Å²) in [7, 11) is 0. The zero-order valence-electron chi connectivity index (χ0n) is 18.1. The molecule has 0 aliphatic carbocycles. The van der Waals surface area contributed by atoms with Crippen LogP contribution in [0.15, 0.2) is 42.5 Å². The van der Waals surface area contributed by atoms with Crippen LogP contribution < -0.4 is 10.6 Å². The summed E-state index contributed by atoms with van der Waals surface area (Å²) >= 11 is 5.90. The van der Waals surface area contributed by atoms with E-state index < -0.39 is 30.4 Å². The molecule has 0 unspecified atom stereocenters. The minimum atomic E-state index is -0.676. The monoisotopic (exact) mass is 460 g/mol. The van der Waals surface area contributed by atoms with E-state index in [4.69, 9.17) is 21.1 Å². The fraction of sp³-hybridized carbons (Fsp3) is 0.304. The van der Waals surface area contributed by atoms with Gasteiger partial charge in [-0.05, 0) is 62.7 Å². The summed E-state index contributed by atoms with van der Waals surface area (Å²) in [6.07, 6.45) is -0.535. The van der Waals surface area contributed by atoms with Crippen molar-refractivity contribution in [3.63, 3.8) is 0 Å². The molecule has 2 aromatic carbocycles. The van der Waals surface area contributed by atoms with Gasteiger partial charge in [0, 0.05) is 22.8 Å². The Morgan fingerprint density at radius 1 is 0.938 bits per heavy atom. The van der Waals surface area contributed by atoms with E-state index in [1.54, 1.807) is 51.1 Å². The summed E-state index contributed by atoms with van der Waals surface area (Å²) in [6.45, 7) is 4.84. The van der Waals surface area contributed by atoms with Crippen molar-refractivity contribution in [1.82, 2.24) is 0 Å². The second-order valence-electron chi connectivity index (χ2n) is 7.25. The molecule has 0 heterocycles. The van der Waals surface area contributed by atoms with Crippen LogP contribution in [0.1, 0.15) is 42.6 Å². The Balaban J connectivity index is 1.72. The molecule has 9 heteroatoms. The lowest BCUT2D eigenvalue weighted by Gasteiger charge is -2.10. The highest BCUT2D eigenvalue weighted by molar-refractivity contribution is 6.31. The van der Waals surface area contributed by atoms with Crippen molar-refractivity contribution < 1.29 is 28.7 Å². The van der Waals surface area contributed by atoms with Crippen LogP contribution in [-0.2, 0) is 23.9 Å². The number of benzene rings is 2. The standard InChI is InChI=1S/C23H25ClN2O6/c1-14(2)32-23(30)16-5-8-18(9-6-16)25-20(27)10-11-22(29)31-13-21(28)26-19-12-17(24)7-4-15(19)3/h4-9,12,14H,10-11,13H2,1-3H3,(H,25,27)(H,26,28). The Kier molecular flexibility index (Phi) is 9.22. The van der Waals surface area contributed by atoms with E-state index in [1.807, 2.05) is 0 Å². The SMILES string of the molecule is Cc1ccc(Cl)cc1NC(=O)COC(=O)CCC(=O)Nc1ccc(C(=O)OC(C)C)cc1. The average Bonchev–Trinajstić information content (AvgIpc) is 2.73. The number of anilines is 2. The number of hydrogen-bond acceptors (Lipinski definition) is 6. The maximum Gasteiger partial charge on any atom is 0.338 e. The van der Waals surface area contributed by atoms with Crippen LogP contribution in [0.2, 0.25) is 5.02 Å². The zero-order valence-corrected chi connectivity index (χ0v) is 18.8. The third kappa shape index (κ3) is 8.39. The van der Waals surface area contributed by atoms with Crippen LogP contribution in [0.3, 0.4) is 0 Å². The van der Waals surface area contributed by atoms with Gasteiger partial charge in [0.1, 0.15) is 0 Å². The third-order valence-corrected chi connectivity index (χ3v) is 4.38. The van der Waals surface area contributed by atoms with Gasteiger partial charge < -0.3 is 20.1 Å². The number of ether oxygens (including phenoxy) is 2. The molecule has 0 spiro atoms. The molecule has 2 N–H and O–H groups in total. The Morgan fingerprint density at radius 3 is 2.28 bits per heavy atom. The van der Waals surface area contributed by atoms with Crippen molar-refractivity contribution >= 4 is 46.7 Å². The number of amides is 2. The van der Waals surface area contributed by atoms with Gasteiger partial charge in [-0.1, -0.05) is 17.7 Å². The molecule has 0 bridgehead atoms. The van der Waals surface area contributed by atoms with Gasteiger partial charge in [0.15, 0.2) is 6.61 Å². The molecule has 0 aliphatic rings. The van der Waals surface area contributed by atoms with Crippen LogP contribution in [0.4, 0.5) is 11.4 Å². The predicted molar refractivity (Wildman–Crippen MR) is 121 cm³/mol. The van der Waals surface area contributed by atoms with E-state index in [0.29, 0.717) is 22.0 Å². The van der Waals surface area contributed by atoms with E-state index in [-0.39, 0.29) is 18.9 Å². The number of esters is 2. The highest BCUT2D eigenvalue weighted by atomic mass is 35.5. The van der Waals surface area contributed by atoms with Gasteiger partial charge in [-0.2, -0.15) is 0 Å². The zero-order chi connectivity index (χ0) is 23.7. The summed E-state index contributed by atoms with van der Waals surface area (Å²) in [5.74, 6) is -2.04. The highest BCUT2D eigenvalue weighted by Gasteiger charge is 2.13. The highest BCUT2D eigenvalue weighted by Crippen LogP contribution is 2.20. The largest absolute Gasteiger partial charge is 0.459 e. The van der Waals surface area contributed by atoms with E-state index in [1.165, 1.54) is 12.1 Å².